The molecule has 7 nitrogen and oxygen atoms in total. The fourth-order valence-corrected chi connectivity index (χ4v) is 4.01. The summed E-state index contributed by atoms with van der Waals surface area (Å²) in [4.78, 5) is 19.1. The van der Waals surface area contributed by atoms with Crippen LogP contribution in [0.3, 0.4) is 0 Å². The lowest BCUT2D eigenvalue weighted by Gasteiger charge is -2.33. The van der Waals surface area contributed by atoms with Crippen LogP contribution < -0.4 is 16.0 Å². The number of amides is 1. The van der Waals surface area contributed by atoms with E-state index in [-0.39, 0.29) is 35.6 Å². The Labute approximate surface area is 218 Å². The number of rotatable bonds is 7. The minimum atomic E-state index is -0.263. The molecule has 0 saturated carbocycles. The first-order chi connectivity index (χ1) is 16.2. The standard InChI is InChI=1S/C26H31N5O2.HI/c1-27-26(30-22-12-14-31(15-13-22)19-20-7-3-2-4-8-20)28-18-21-9-5-10-23(17-21)29-25(32)24-11-6-16-33-24;/h2-11,16-17,22H,12-15,18-19H2,1H3,(H,29,32)(H2,27,28,30);1H. The van der Waals surface area contributed by atoms with Gasteiger partial charge >= 0.3 is 0 Å². The number of nitrogens with zero attached hydrogens (tertiary/aromatic N) is 2. The molecule has 0 bridgehead atoms. The number of likely N-dealkylation sites (tertiary alicyclic amines) is 1. The summed E-state index contributed by atoms with van der Waals surface area (Å²) in [5.41, 5.74) is 3.14. The molecule has 0 unspecified atom stereocenters. The molecule has 1 aromatic heterocycles. The fourth-order valence-electron chi connectivity index (χ4n) is 4.01. The molecule has 2 aromatic carbocycles. The zero-order valence-corrected chi connectivity index (χ0v) is 21.7. The van der Waals surface area contributed by atoms with Crippen LogP contribution in [0.4, 0.5) is 5.69 Å². The maximum atomic E-state index is 12.2. The number of guanidine groups is 1. The van der Waals surface area contributed by atoms with Crippen molar-refractivity contribution in [2.45, 2.75) is 32.0 Å². The summed E-state index contributed by atoms with van der Waals surface area (Å²) in [7, 11) is 1.79. The first-order valence-corrected chi connectivity index (χ1v) is 11.4. The molecule has 0 atom stereocenters. The van der Waals surface area contributed by atoms with E-state index in [1.165, 1.54) is 11.8 Å². The molecule has 3 N–H and O–H groups in total. The van der Waals surface area contributed by atoms with Crippen LogP contribution in [0.15, 0.2) is 82.4 Å². The monoisotopic (exact) mass is 573 g/mol. The number of halogens is 1. The Bertz CT molecular complexity index is 1050. The molecule has 0 aliphatic carbocycles. The van der Waals surface area contributed by atoms with Gasteiger partial charge in [0.05, 0.1) is 6.26 Å². The molecule has 1 aliphatic rings. The van der Waals surface area contributed by atoms with Crippen molar-refractivity contribution in [3.63, 3.8) is 0 Å². The molecule has 1 saturated heterocycles. The average Bonchev–Trinajstić information content (AvgIpc) is 3.39. The van der Waals surface area contributed by atoms with Crippen molar-refractivity contribution >= 4 is 41.5 Å². The van der Waals surface area contributed by atoms with Gasteiger partial charge in [-0.3, -0.25) is 14.7 Å². The highest BCUT2D eigenvalue weighted by atomic mass is 127. The van der Waals surface area contributed by atoms with Gasteiger partial charge in [-0.15, -0.1) is 24.0 Å². The summed E-state index contributed by atoms with van der Waals surface area (Å²) >= 11 is 0. The molecule has 1 aliphatic heterocycles. The number of piperidine rings is 1. The molecule has 1 amide bonds. The molecule has 3 aromatic rings. The molecule has 4 rings (SSSR count). The predicted molar refractivity (Wildman–Crippen MR) is 147 cm³/mol. The Hall–Kier alpha value is -2.85. The van der Waals surface area contributed by atoms with E-state index in [0.717, 1.165) is 49.7 Å². The van der Waals surface area contributed by atoms with Crippen LogP contribution in [0.2, 0.25) is 0 Å². The Morgan fingerprint density at radius 3 is 2.50 bits per heavy atom. The van der Waals surface area contributed by atoms with Gasteiger partial charge in [-0.25, -0.2) is 0 Å². The summed E-state index contributed by atoms with van der Waals surface area (Å²) < 4.78 is 5.15. The van der Waals surface area contributed by atoms with Gasteiger partial charge in [-0.2, -0.15) is 0 Å². The van der Waals surface area contributed by atoms with Gasteiger partial charge in [0, 0.05) is 45.0 Å². The number of furan rings is 1. The van der Waals surface area contributed by atoms with E-state index >= 15 is 0 Å². The van der Waals surface area contributed by atoms with Crippen LogP contribution in [0.1, 0.15) is 34.5 Å². The molecule has 8 heteroatoms. The SMILES string of the molecule is CN=C(NCc1cccc(NC(=O)c2ccco2)c1)NC1CCN(Cc2ccccc2)CC1.I. The lowest BCUT2D eigenvalue weighted by Crippen LogP contribution is -2.48. The van der Waals surface area contributed by atoms with Crippen molar-refractivity contribution in [1.29, 1.82) is 0 Å². The first kappa shape index (κ1) is 25.8. The van der Waals surface area contributed by atoms with Crippen molar-refractivity contribution in [3.05, 3.63) is 89.9 Å². The molecule has 34 heavy (non-hydrogen) atoms. The van der Waals surface area contributed by atoms with E-state index in [0.29, 0.717) is 12.6 Å². The van der Waals surface area contributed by atoms with Crippen LogP contribution in [0, 0.1) is 0 Å². The van der Waals surface area contributed by atoms with Crippen LogP contribution >= 0.6 is 24.0 Å². The lowest BCUT2D eigenvalue weighted by molar-refractivity contribution is 0.0996. The second-order valence-corrected chi connectivity index (χ2v) is 8.24. The Morgan fingerprint density at radius 2 is 1.79 bits per heavy atom. The second kappa shape index (κ2) is 13.1. The van der Waals surface area contributed by atoms with Gasteiger partial charge in [0.15, 0.2) is 11.7 Å². The van der Waals surface area contributed by atoms with Gasteiger partial charge in [-0.1, -0.05) is 42.5 Å². The number of hydrogen-bond acceptors (Lipinski definition) is 4. The van der Waals surface area contributed by atoms with Crippen LogP contribution in [0.5, 0.6) is 0 Å². The van der Waals surface area contributed by atoms with Crippen molar-refractivity contribution in [1.82, 2.24) is 15.5 Å². The van der Waals surface area contributed by atoms with Crippen LogP contribution in [0.25, 0.3) is 0 Å². The van der Waals surface area contributed by atoms with Crippen molar-refractivity contribution in [2.24, 2.45) is 4.99 Å². The zero-order chi connectivity index (χ0) is 22.9. The maximum Gasteiger partial charge on any atom is 0.291 e. The Morgan fingerprint density at radius 1 is 1.03 bits per heavy atom. The molecule has 2 heterocycles. The number of carbonyl (C=O) groups is 1. The molecule has 0 radical (unpaired) electrons. The number of anilines is 1. The third-order valence-electron chi connectivity index (χ3n) is 5.79. The number of benzene rings is 2. The lowest BCUT2D eigenvalue weighted by atomic mass is 10.0. The normalized spacial score (nSPS) is 14.8. The van der Waals surface area contributed by atoms with Crippen molar-refractivity contribution < 1.29 is 9.21 Å². The van der Waals surface area contributed by atoms with Gasteiger partial charge in [0.2, 0.25) is 0 Å². The van der Waals surface area contributed by atoms with Gasteiger partial charge in [-0.05, 0) is 48.2 Å². The summed E-state index contributed by atoms with van der Waals surface area (Å²) in [6.45, 7) is 3.76. The number of aliphatic imine (C=N–C) groups is 1. The van der Waals surface area contributed by atoms with E-state index < -0.39 is 0 Å². The number of carbonyl (C=O) groups excluding carboxylic acids is 1. The Balaban J connectivity index is 0.00000324. The zero-order valence-electron chi connectivity index (χ0n) is 19.4. The molecule has 180 valence electrons. The van der Waals surface area contributed by atoms with Crippen molar-refractivity contribution in [2.75, 3.05) is 25.5 Å². The number of nitrogens with one attached hydrogen (secondary N) is 3. The minimum absolute atomic E-state index is 0. The highest BCUT2D eigenvalue weighted by Crippen LogP contribution is 2.15. The van der Waals surface area contributed by atoms with E-state index in [2.05, 4.69) is 56.2 Å². The third kappa shape index (κ3) is 7.59. The van der Waals surface area contributed by atoms with Crippen LogP contribution in [-0.4, -0.2) is 42.9 Å². The van der Waals surface area contributed by atoms with Gasteiger partial charge in [0.1, 0.15) is 0 Å². The molecule has 0 spiro atoms. The molecular formula is C26H32IN5O2. The molecular weight excluding hydrogens is 541 g/mol. The summed E-state index contributed by atoms with van der Waals surface area (Å²) in [6.07, 6.45) is 3.66. The largest absolute Gasteiger partial charge is 0.459 e. The van der Waals surface area contributed by atoms with E-state index in [1.807, 2.05) is 24.3 Å². The van der Waals surface area contributed by atoms with E-state index in [1.54, 1.807) is 19.2 Å². The van der Waals surface area contributed by atoms with Crippen molar-refractivity contribution in [3.8, 4) is 0 Å². The second-order valence-electron chi connectivity index (χ2n) is 8.24. The topological polar surface area (TPSA) is 81.9 Å². The Kier molecular flexibility index (Phi) is 9.96. The minimum Gasteiger partial charge on any atom is -0.459 e. The number of hydrogen-bond donors (Lipinski definition) is 3. The highest BCUT2D eigenvalue weighted by molar-refractivity contribution is 14.0. The van der Waals surface area contributed by atoms with E-state index in [9.17, 15) is 4.79 Å². The van der Waals surface area contributed by atoms with Gasteiger partial charge in [0.25, 0.3) is 5.91 Å². The van der Waals surface area contributed by atoms with E-state index in [4.69, 9.17) is 4.42 Å². The average molecular weight is 573 g/mol. The fraction of sp³-hybridized carbons (Fsp3) is 0.308. The highest BCUT2D eigenvalue weighted by Gasteiger charge is 2.20. The third-order valence-corrected chi connectivity index (χ3v) is 5.79. The summed E-state index contributed by atoms with van der Waals surface area (Å²) in [6, 6.07) is 22.1. The summed E-state index contributed by atoms with van der Waals surface area (Å²) in [5, 5.41) is 9.80. The quantitative estimate of drug-likeness (QED) is 0.221. The summed E-state index contributed by atoms with van der Waals surface area (Å²) in [5.74, 6) is 0.820. The molecule has 1 fully saturated rings. The maximum absolute atomic E-state index is 12.2. The predicted octanol–water partition coefficient (Wildman–Crippen LogP) is 4.48. The van der Waals surface area contributed by atoms with Crippen LogP contribution in [-0.2, 0) is 13.1 Å². The van der Waals surface area contributed by atoms with Gasteiger partial charge < -0.3 is 20.4 Å². The smallest absolute Gasteiger partial charge is 0.291 e. The first-order valence-electron chi connectivity index (χ1n) is 11.4.